The summed E-state index contributed by atoms with van der Waals surface area (Å²) in [6.07, 6.45) is -2.59. The fraction of sp³-hybridized carbons (Fsp3) is 0.357. The molecular formula is C14H17ClF3N3O. The minimum Gasteiger partial charge on any atom is -0.484 e. The Morgan fingerprint density at radius 3 is 2.68 bits per heavy atom. The van der Waals surface area contributed by atoms with Crippen LogP contribution in [0.5, 0.6) is 5.75 Å². The van der Waals surface area contributed by atoms with Crippen LogP contribution < -0.4 is 10.1 Å². The van der Waals surface area contributed by atoms with E-state index in [4.69, 9.17) is 4.74 Å². The fourth-order valence-corrected chi connectivity index (χ4v) is 1.81. The number of halogens is 4. The molecule has 1 aromatic heterocycles. The van der Waals surface area contributed by atoms with Gasteiger partial charge in [0.05, 0.1) is 6.20 Å². The lowest BCUT2D eigenvalue weighted by Gasteiger charge is -2.10. The van der Waals surface area contributed by atoms with E-state index in [-0.39, 0.29) is 18.2 Å². The van der Waals surface area contributed by atoms with Crippen LogP contribution in [0, 0.1) is 6.92 Å². The number of aromatic amines is 1. The Kier molecular flexibility index (Phi) is 6.70. The first-order chi connectivity index (χ1) is 9.94. The van der Waals surface area contributed by atoms with Gasteiger partial charge in [0.2, 0.25) is 0 Å². The van der Waals surface area contributed by atoms with Crippen molar-refractivity contribution in [3.63, 3.8) is 0 Å². The predicted octanol–water partition coefficient (Wildman–Crippen LogP) is 3.37. The number of aromatic nitrogens is 2. The first kappa shape index (κ1) is 18.3. The van der Waals surface area contributed by atoms with Crippen molar-refractivity contribution in [3.05, 3.63) is 47.3 Å². The van der Waals surface area contributed by atoms with Gasteiger partial charge in [-0.05, 0) is 24.6 Å². The third-order valence-corrected chi connectivity index (χ3v) is 2.88. The molecule has 2 N–H and O–H groups in total. The molecule has 22 heavy (non-hydrogen) atoms. The Labute approximate surface area is 132 Å². The van der Waals surface area contributed by atoms with Gasteiger partial charge in [0.15, 0.2) is 6.61 Å². The molecule has 122 valence electrons. The molecule has 0 spiro atoms. The van der Waals surface area contributed by atoms with E-state index in [1.807, 2.05) is 13.0 Å². The number of rotatable bonds is 6. The van der Waals surface area contributed by atoms with E-state index < -0.39 is 12.8 Å². The smallest absolute Gasteiger partial charge is 0.422 e. The highest BCUT2D eigenvalue weighted by atomic mass is 35.5. The van der Waals surface area contributed by atoms with E-state index >= 15 is 0 Å². The number of nitrogens with one attached hydrogen (secondary N) is 2. The summed E-state index contributed by atoms with van der Waals surface area (Å²) >= 11 is 0. The minimum atomic E-state index is -4.33. The number of ether oxygens (including phenoxy) is 1. The third kappa shape index (κ3) is 5.95. The molecule has 1 heterocycles. The average molecular weight is 336 g/mol. The molecule has 2 rings (SSSR count). The summed E-state index contributed by atoms with van der Waals surface area (Å²) in [5.41, 5.74) is 2.90. The molecular weight excluding hydrogens is 319 g/mol. The maximum atomic E-state index is 12.1. The number of benzene rings is 1. The lowest BCUT2D eigenvalue weighted by atomic mass is 10.2. The van der Waals surface area contributed by atoms with Crippen molar-refractivity contribution in [2.45, 2.75) is 26.2 Å². The van der Waals surface area contributed by atoms with Gasteiger partial charge in [-0.25, -0.2) is 0 Å². The van der Waals surface area contributed by atoms with Crippen LogP contribution in [-0.2, 0) is 13.1 Å². The van der Waals surface area contributed by atoms with Crippen molar-refractivity contribution in [1.29, 1.82) is 0 Å². The molecule has 2 aromatic rings. The van der Waals surface area contributed by atoms with Crippen molar-refractivity contribution in [3.8, 4) is 5.75 Å². The number of hydrogen-bond acceptors (Lipinski definition) is 3. The van der Waals surface area contributed by atoms with Gasteiger partial charge >= 0.3 is 6.18 Å². The largest absolute Gasteiger partial charge is 0.484 e. The number of aryl methyl sites for hydroxylation is 1. The minimum absolute atomic E-state index is 0. The Hall–Kier alpha value is -1.73. The standard InChI is InChI=1S/C14H16F3N3O.ClH/c1-10-12(8-19-20-10)7-18-6-11-3-2-4-13(5-11)21-9-14(15,16)17;/h2-5,8,18H,6-7,9H2,1H3,(H,19,20);1H. The summed E-state index contributed by atoms with van der Waals surface area (Å²) in [5.74, 6) is 0.214. The molecule has 1 aromatic carbocycles. The van der Waals surface area contributed by atoms with Crippen LogP contribution in [0.4, 0.5) is 13.2 Å². The van der Waals surface area contributed by atoms with Crippen molar-refractivity contribution in [2.75, 3.05) is 6.61 Å². The lowest BCUT2D eigenvalue weighted by Crippen LogP contribution is -2.19. The number of alkyl halides is 3. The van der Waals surface area contributed by atoms with Gasteiger partial charge < -0.3 is 10.1 Å². The summed E-state index contributed by atoms with van der Waals surface area (Å²) in [5, 5.41) is 9.96. The SMILES string of the molecule is Cc1[nH]ncc1CNCc1cccc(OCC(F)(F)F)c1.Cl. The topological polar surface area (TPSA) is 49.9 Å². The quantitative estimate of drug-likeness (QED) is 0.851. The fourth-order valence-electron chi connectivity index (χ4n) is 1.81. The Morgan fingerprint density at radius 1 is 1.27 bits per heavy atom. The van der Waals surface area contributed by atoms with Crippen LogP contribution in [0.15, 0.2) is 30.5 Å². The monoisotopic (exact) mass is 335 g/mol. The molecule has 0 bridgehead atoms. The van der Waals surface area contributed by atoms with E-state index in [2.05, 4.69) is 15.5 Å². The average Bonchev–Trinajstić information content (AvgIpc) is 2.82. The number of H-pyrrole nitrogens is 1. The highest BCUT2D eigenvalue weighted by molar-refractivity contribution is 5.85. The second-order valence-electron chi connectivity index (χ2n) is 4.68. The maximum Gasteiger partial charge on any atom is 0.422 e. The Balaban J connectivity index is 0.00000242. The Morgan fingerprint density at radius 2 is 2.05 bits per heavy atom. The van der Waals surface area contributed by atoms with Crippen molar-refractivity contribution < 1.29 is 17.9 Å². The van der Waals surface area contributed by atoms with Gasteiger partial charge in [0.25, 0.3) is 0 Å². The molecule has 0 fully saturated rings. The zero-order chi connectivity index (χ0) is 15.3. The van der Waals surface area contributed by atoms with Crippen molar-refractivity contribution >= 4 is 12.4 Å². The van der Waals surface area contributed by atoms with E-state index in [1.54, 1.807) is 18.3 Å². The highest BCUT2D eigenvalue weighted by Gasteiger charge is 2.28. The first-order valence-electron chi connectivity index (χ1n) is 6.42. The van der Waals surface area contributed by atoms with E-state index in [0.29, 0.717) is 13.1 Å². The number of hydrogen-bond donors (Lipinski definition) is 2. The Bertz CT molecular complexity index is 587. The molecule has 0 saturated carbocycles. The third-order valence-electron chi connectivity index (χ3n) is 2.88. The van der Waals surface area contributed by atoms with Crippen molar-refractivity contribution in [2.24, 2.45) is 0 Å². The maximum absolute atomic E-state index is 12.1. The second kappa shape index (κ2) is 8.05. The molecule has 0 aliphatic rings. The van der Waals surface area contributed by atoms with Crippen LogP contribution in [0.2, 0.25) is 0 Å². The zero-order valence-electron chi connectivity index (χ0n) is 11.9. The molecule has 4 nitrogen and oxygen atoms in total. The molecule has 0 saturated heterocycles. The normalized spacial score (nSPS) is 11.1. The summed E-state index contributed by atoms with van der Waals surface area (Å²) in [6.45, 7) is 1.82. The summed E-state index contributed by atoms with van der Waals surface area (Å²) in [4.78, 5) is 0. The number of nitrogens with zero attached hydrogens (tertiary/aromatic N) is 1. The van der Waals surface area contributed by atoms with E-state index in [0.717, 1.165) is 16.8 Å². The van der Waals surface area contributed by atoms with Gasteiger partial charge in [-0.2, -0.15) is 18.3 Å². The van der Waals surface area contributed by atoms with Crippen LogP contribution in [0.3, 0.4) is 0 Å². The van der Waals surface area contributed by atoms with Crippen LogP contribution in [-0.4, -0.2) is 23.0 Å². The zero-order valence-corrected chi connectivity index (χ0v) is 12.7. The van der Waals surface area contributed by atoms with E-state index in [9.17, 15) is 13.2 Å². The van der Waals surface area contributed by atoms with Gasteiger partial charge in [-0.1, -0.05) is 12.1 Å². The van der Waals surface area contributed by atoms with Crippen molar-refractivity contribution in [1.82, 2.24) is 15.5 Å². The summed E-state index contributed by atoms with van der Waals surface area (Å²) in [6, 6.07) is 6.61. The van der Waals surface area contributed by atoms with Gasteiger partial charge in [0.1, 0.15) is 5.75 Å². The molecule has 0 aliphatic heterocycles. The molecule has 0 aliphatic carbocycles. The van der Waals surface area contributed by atoms with Gasteiger partial charge in [-0.15, -0.1) is 12.4 Å². The molecule has 0 amide bonds. The molecule has 0 atom stereocenters. The molecule has 0 radical (unpaired) electrons. The van der Waals surface area contributed by atoms with Crippen LogP contribution in [0.1, 0.15) is 16.8 Å². The lowest BCUT2D eigenvalue weighted by molar-refractivity contribution is -0.153. The van der Waals surface area contributed by atoms with Crippen LogP contribution in [0.25, 0.3) is 0 Å². The predicted molar refractivity (Wildman–Crippen MR) is 79.1 cm³/mol. The molecule has 8 heteroatoms. The second-order valence-corrected chi connectivity index (χ2v) is 4.68. The first-order valence-corrected chi connectivity index (χ1v) is 6.42. The highest BCUT2D eigenvalue weighted by Crippen LogP contribution is 2.19. The van der Waals surface area contributed by atoms with Gasteiger partial charge in [-0.3, -0.25) is 5.10 Å². The molecule has 0 unspecified atom stereocenters. The summed E-state index contributed by atoms with van der Waals surface area (Å²) < 4.78 is 41.0. The van der Waals surface area contributed by atoms with Crippen LogP contribution >= 0.6 is 12.4 Å². The van der Waals surface area contributed by atoms with Gasteiger partial charge in [0, 0.05) is 24.3 Å². The van der Waals surface area contributed by atoms with E-state index in [1.165, 1.54) is 6.07 Å². The summed E-state index contributed by atoms with van der Waals surface area (Å²) in [7, 11) is 0.